The van der Waals surface area contributed by atoms with Gasteiger partial charge in [0.05, 0.1) is 5.69 Å². The summed E-state index contributed by atoms with van der Waals surface area (Å²) in [4.78, 5) is 28.6. The van der Waals surface area contributed by atoms with Crippen molar-refractivity contribution in [1.29, 1.82) is 0 Å². The molecule has 2 rings (SSSR count). The number of ketones is 1. The molecule has 0 saturated carbocycles. The van der Waals surface area contributed by atoms with Gasteiger partial charge in [0.2, 0.25) is 6.41 Å². The second-order valence-electron chi connectivity index (χ2n) is 6.44. The summed E-state index contributed by atoms with van der Waals surface area (Å²) in [6.45, 7) is 5.05. The van der Waals surface area contributed by atoms with Gasteiger partial charge in [0.15, 0.2) is 5.78 Å². The molecule has 0 bridgehead atoms. The van der Waals surface area contributed by atoms with Crippen LogP contribution in [0.3, 0.4) is 0 Å². The van der Waals surface area contributed by atoms with Crippen LogP contribution in [0.25, 0.3) is 11.1 Å². The molecule has 1 heterocycles. The van der Waals surface area contributed by atoms with Gasteiger partial charge in [0.1, 0.15) is 5.82 Å². The van der Waals surface area contributed by atoms with E-state index in [2.05, 4.69) is 10.3 Å². The van der Waals surface area contributed by atoms with Crippen molar-refractivity contribution in [3.8, 4) is 11.1 Å². The zero-order chi connectivity index (χ0) is 19.8. The number of nitrogens with one attached hydrogen (secondary N) is 1. The number of Topliss-reactive ketones (excluding diaryl/α,β-unsaturated/α-hetero) is 1. The highest BCUT2D eigenvalue weighted by molar-refractivity contribution is 5.97. The number of amides is 1. The van der Waals surface area contributed by atoms with Crippen LogP contribution in [0.4, 0.5) is 4.39 Å². The number of carbonyl (C=O) groups is 2. The van der Waals surface area contributed by atoms with E-state index in [-0.39, 0.29) is 17.6 Å². The van der Waals surface area contributed by atoms with E-state index in [1.165, 1.54) is 12.1 Å². The maximum Gasteiger partial charge on any atom is 0.209 e. The lowest BCUT2D eigenvalue weighted by molar-refractivity contribution is -0.116. The third-order valence-corrected chi connectivity index (χ3v) is 4.50. The Kier molecular flexibility index (Phi) is 7.61. The standard InChI is InChI=1S/C21H26FN3O2/c1-4-19(24-10-11-25(3)14-26)20-13-15(8-9-23-20)17-12-16(21(27)5-2)6-7-18(17)22/h6-9,12-14,19,24H,4-5,10-11H2,1-3H3/t19-/m1/s1. The van der Waals surface area contributed by atoms with Crippen molar-refractivity contribution in [3.63, 3.8) is 0 Å². The van der Waals surface area contributed by atoms with E-state index >= 15 is 0 Å². The Hall–Kier alpha value is -2.60. The van der Waals surface area contributed by atoms with Crippen LogP contribution in [0.15, 0.2) is 36.5 Å². The van der Waals surface area contributed by atoms with Crippen molar-refractivity contribution in [1.82, 2.24) is 15.2 Å². The van der Waals surface area contributed by atoms with Gasteiger partial charge in [0.25, 0.3) is 0 Å². The van der Waals surface area contributed by atoms with Gasteiger partial charge in [-0.1, -0.05) is 13.8 Å². The number of halogens is 1. The first-order valence-electron chi connectivity index (χ1n) is 9.18. The highest BCUT2D eigenvalue weighted by Gasteiger charge is 2.14. The number of carbonyl (C=O) groups excluding carboxylic acids is 2. The largest absolute Gasteiger partial charge is 0.347 e. The Morgan fingerprint density at radius 1 is 1.30 bits per heavy atom. The minimum absolute atomic E-state index is 0.00600. The molecule has 0 unspecified atom stereocenters. The minimum atomic E-state index is -0.367. The van der Waals surface area contributed by atoms with E-state index in [0.717, 1.165) is 18.5 Å². The lowest BCUT2D eigenvalue weighted by atomic mass is 9.98. The molecule has 1 aromatic carbocycles. The second kappa shape index (κ2) is 9.92. The molecule has 0 spiro atoms. The summed E-state index contributed by atoms with van der Waals surface area (Å²) < 4.78 is 14.4. The molecule has 144 valence electrons. The van der Waals surface area contributed by atoms with Crippen molar-refractivity contribution in [2.75, 3.05) is 20.1 Å². The predicted octanol–water partition coefficient (Wildman–Crippen LogP) is 3.61. The number of benzene rings is 1. The molecular formula is C21H26FN3O2. The monoisotopic (exact) mass is 371 g/mol. The number of aromatic nitrogens is 1. The summed E-state index contributed by atoms with van der Waals surface area (Å²) in [6, 6.07) is 8.05. The summed E-state index contributed by atoms with van der Waals surface area (Å²) in [6.07, 6.45) is 3.62. The first-order chi connectivity index (χ1) is 13.0. The molecule has 0 radical (unpaired) electrons. The number of hydrogen-bond acceptors (Lipinski definition) is 4. The van der Waals surface area contributed by atoms with E-state index in [0.29, 0.717) is 36.2 Å². The topological polar surface area (TPSA) is 62.3 Å². The summed E-state index contributed by atoms with van der Waals surface area (Å²) in [5, 5.41) is 3.37. The number of likely N-dealkylation sites (N-methyl/N-ethyl adjacent to an activating group) is 1. The molecule has 0 aliphatic rings. The smallest absolute Gasteiger partial charge is 0.209 e. The molecule has 0 aliphatic heterocycles. The fourth-order valence-electron chi connectivity index (χ4n) is 2.86. The molecule has 1 aromatic heterocycles. The fourth-order valence-corrected chi connectivity index (χ4v) is 2.86. The van der Waals surface area contributed by atoms with Crippen LogP contribution in [-0.4, -0.2) is 42.2 Å². The van der Waals surface area contributed by atoms with Crippen LogP contribution in [0.2, 0.25) is 0 Å². The normalized spacial score (nSPS) is 11.9. The van der Waals surface area contributed by atoms with Crippen molar-refractivity contribution in [2.45, 2.75) is 32.7 Å². The highest BCUT2D eigenvalue weighted by atomic mass is 19.1. The fraction of sp³-hybridized carbons (Fsp3) is 0.381. The minimum Gasteiger partial charge on any atom is -0.347 e. The van der Waals surface area contributed by atoms with E-state index in [4.69, 9.17) is 0 Å². The maximum atomic E-state index is 14.4. The summed E-state index contributed by atoms with van der Waals surface area (Å²) >= 11 is 0. The summed E-state index contributed by atoms with van der Waals surface area (Å²) in [5.74, 6) is -0.383. The first-order valence-corrected chi connectivity index (χ1v) is 9.18. The number of hydrogen-bond donors (Lipinski definition) is 1. The lowest BCUT2D eigenvalue weighted by Gasteiger charge is -2.19. The zero-order valence-corrected chi connectivity index (χ0v) is 16.0. The maximum absolute atomic E-state index is 14.4. The van der Waals surface area contributed by atoms with Crippen molar-refractivity contribution in [3.05, 3.63) is 53.6 Å². The quantitative estimate of drug-likeness (QED) is 0.512. The summed E-state index contributed by atoms with van der Waals surface area (Å²) in [5.41, 5.74) is 2.40. The van der Waals surface area contributed by atoms with Gasteiger partial charge in [0, 0.05) is 49.9 Å². The average Bonchev–Trinajstić information content (AvgIpc) is 2.70. The SMILES string of the molecule is CCC(=O)c1ccc(F)c(-c2ccnc([C@@H](CC)NCCN(C)C=O)c2)c1. The van der Waals surface area contributed by atoms with Crippen LogP contribution in [0, 0.1) is 5.82 Å². The molecule has 2 aromatic rings. The van der Waals surface area contributed by atoms with Gasteiger partial charge in [-0.15, -0.1) is 0 Å². The Labute approximate surface area is 159 Å². The second-order valence-corrected chi connectivity index (χ2v) is 6.44. The molecule has 0 fully saturated rings. The van der Waals surface area contributed by atoms with Gasteiger partial charge in [-0.2, -0.15) is 0 Å². The van der Waals surface area contributed by atoms with Crippen LogP contribution < -0.4 is 5.32 Å². The lowest BCUT2D eigenvalue weighted by Crippen LogP contribution is -2.31. The van der Waals surface area contributed by atoms with Crippen LogP contribution in [0.1, 0.15) is 48.8 Å². The third-order valence-electron chi connectivity index (χ3n) is 4.50. The molecule has 0 saturated heterocycles. The third kappa shape index (κ3) is 5.44. The van der Waals surface area contributed by atoms with Crippen molar-refractivity contribution < 1.29 is 14.0 Å². The molecule has 1 amide bonds. The zero-order valence-electron chi connectivity index (χ0n) is 16.0. The van der Waals surface area contributed by atoms with E-state index in [1.807, 2.05) is 13.0 Å². The van der Waals surface area contributed by atoms with Gasteiger partial charge >= 0.3 is 0 Å². The molecule has 1 atom stereocenters. The Balaban J connectivity index is 2.26. The van der Waals surface area contributed by atoms with Gasteiger partial charge in [-0.25, -0.2) is 4.39 Å². The van der Waals surface area contributed by atoms with Gasteiger partial charge < -0.3 is 10.2 Å². The molecule has 1 N–H and O–H groups in total. The van der Waals surface area contributed by atoms with E-state index in [1.54, 1.807) is 37.2 Å². The highest BCUT2D eigenvalue weighted by Crippen LogP contribution is 2.27. The van der Waals surface area contributed by atoms with E-state index in [9.17, 15) is 14.0 Å². The van der Waals surface area contributed by atoms with Gasteiger partial charge in [-0.05, 0) is 42.3 Å². The van der Waals surface area contributed by atoms with Crippen LogP contribution in [-0.2, 0) is 4.79 Å². The Morgan fingerprint density at radius 3 is 2.74 bits per heavy atom. The Bertz CT molecular complexity index is 795. The van der Waals surface area contributed by atoms with Crippen LogP contribution >= 0.6 is 0 Å². The molecular weight excluding hydrogens is 345 g/mol. The Morgan fingerprint density at radius 2 is 2.07 bits per heavy atom. The number of pyridine rings is 1. The molecule has 5 nitrogen and oxygen atoms in total. The van der Waals surface area contributed by atoms with Crippen molar-refractivity contribution >= 4 is 12.2 Å². The first kappa shape index (κ1) is 20.7. The number of nitrogens with zero attached hydrogens (tertiary/aromatic N) is 2. The van der Waals surface area contributed by atoms with E-state index < -0.39 is 0 Å². The molecule has 0 aliphatic carbocycles. The van der Waals surface area contributed by atoms with Crippen molar-refractivity contribution in [2.24, 2.45) is 0 Å². The number of rotatable bonds is 10. The summed E-state index contributed by atoms with van der Waals surface area (Å²) in [7, 11) is 1.72. The predicted molar refractivity (Wildman–Crippen MR) is 104 cm³/mol. The van der Waals surface area contributed by atoms with Crippen LogP contribution in [0.5, 0.6) is 0 Å². The molecule has 27 heavy (non-hydrogen) atoms. The van der Waals surface area contributed by atoms with Gasteiger partial charge in [-0.3, -0.25) is 14.6 Å². The molecule has 6 heteroatoms. The average molecular weight is 371 g/mol.